The summed E-state index contributed by atoms with van der Waals surface area (Å²) in [6, 6.07) is 1.74. The van der Waals surface area contributed by atoms with Crippen LogP contribution < -0.4 is 5.73 Å². The molecule has 0 unspecified atom stereocenters. The van der Waals surface area contributed by atoms with Gasteiger partial charge in [-0.05, 0) is 6.07 Å². The van der Waals surface area contributed by atoms with E-state index in [9.17, 15) is 0 Å². The van der Waals surface area contributed by atoms with E-state index in [1.165, 1.54) is 11.3 Å². The Bertz CT molecular complexity index is 408. The van der Waals surface area contributed by atoms with Gasteiger partial charge in [0.05, 0.1) is 16.9 Å². The van der Waals surface area contributed by atoms with Crippen LogP contribution in [-0.2, 0) is 6.54 Å². The van der Waals surface area contributed by atoms with Gasteiger partial charge < -0.3 is 5.73 Å². The summed E-state index contributed by atoms with van der Waals surface area (Å²) in [7, 11) is 0. The number of nitrogens with zero attached hydrogens (tertiary/aromatic N) is 3. The number of rotatable bonds is 2. The fourth-order valence-corrected chi connectivity index (χ4v) is 1.91. The molecule has 2 aromatic rings. The molecule has 0 bridgehead atoms. The maximum atomic E-state index is 5.82. The highest BCUT2D eigenvalue weighted by Crippen LogP contribution is 2.19. The van der Waals surface area contributed by atoms with Gasteiger partial charge in [0, 0.05) is 6.20 Å². The van der Waals surface area contributed by atoms with Gasteiger partial charge in [0.25, 0.3) is 0 Å². The summed E-state index contributed by atoms with van der Waals surface area (Å²) in [5.41, 5.74) is 7.18. The second-order valence-electron chi connectivity index (χ2n) is 2.50. The molecule has 2 rings (SSSR count). The van der Waals surface area contributed by atoms with E-state index in [0.29, 0.717) is 17.5 Å². The van der Waals surface area contributed by atoms with E-state index < -0.39 is 0 Å². The molecule has 13 heavy (non-hydrogen) atoms. The predicted octanol–water partition coefficient (Wildman–Crippen LogP) is 1.62. The number of halogens is 1. The molecule has 0 aliphatic heterocycles. The van der Waals surface area contributed by atoms with Crippen LogP contribution in [0.3, 0.4) is 0 Å². The summed E-state index contributed by atoms with van der Waals surface area (Å²) in [6.07, 6.45) is 1.81. The predicted molar refractivity (Wildman–Crippen MR) is 52.9 cm³/mol. The standard InChI is InChI=1S/C7H7ClN4S/c8-7-5(13-4-10-7)3-12-2-1-6(9)11-12/h1-2,4H,3H2,(H2,9,11). The first-order chi connectivity index (χ1) is 6.25. The molecule has 0 atom stereocenters. The third-order valence-corrected chi connectivity index (χ3v) is 2.81. The van der Waals surface area contributed by atoms with E-state index in [0.717, 1.165) is 4.88 Å². The minimum absolute atomic E-state index is 0.514. The highest BCUT2D eigenvalue weighted by atomic mass is 35.5. The van der Waals surface area contributed by atoms with Gasteiger partial charge in [-0.15, -0.1) is 11.3 Å². The summed E-state index contributed by atoms with van der Waals surface area (Å²) < 4.78 is 1.73. The number of hydrogen-bond acceptors (Lipinski definition) is 4. The minimum atomic E-state index is 0.514. The average molecular weight is 215 g/mol. The first-order valence-corrected chi connectivity index (χ1v) is 4.88. The lowest BCUT2D eigenvalue weighted by atomic mass is 10.5. The van der Waals surface area contributed by atoms with Crippen molar-refractivity contribution in [3.05, 3.63) is 27.8 Å². The molecule has 2 heterocycles. The first-order valence-electron chi connectivity index (χ1n) is 3.62. The number of hydrogen-bond donors (Lipinski definition) is 1. The van der Waals surface area contributed by atoms with Crippen LogP contribution in [0.15, 0.2) is 17.8 Å². The number of nitrogens with two attached hydrogens (primary N) is 1. The molecule has 0 spiro atoms. The highest BCUT2D eigenvalue weighted by molar-refractivity contribution is 7.10. The average Bonchev–Trinajstić information content (AvgIpc) is 2.64. The van der Waals surface area contributed by atoms with Gasteiger partial charge in [0.1, 0.15) is 11.0 Å². The molecule has 0 aliphatic carbocycles. The normalized spacial score (nSPS) is 10.5. The maximum Gasteiger partial charge on any atom is 0.145 e. The van der Waals surface area contributed by atoms with Crippen molar-refractivity contribution in [1.29, 1.82) is 0 Å². The van der Waals surface area contributed by atoms with Crippen LogP contribution in [0.5, 0.6) is 0 Å². The van der Waals surface area contributed by atoms with Crippen molar-refractivity contribution >= 4 is 28.8 Å². The van der Waals surface area contributed by atoms with E-state index >= 15 is 0 Å². The lowest BCUT2D eigenvalue weighted by molar-refractivity contribution is 0.697. The molecule has 0 fully saturated rings. The molecule has 4 nitrogen and oxygen atoms in total. The third kappa shape index (κ3) is 1.81. The summed E-state index contributed by atoms with van der Waals surface area (Å²) in [5.74, 6) is 0.514. The molecule has 68 valence electrons. The number of thiazole rings is 1. The van der Waals surface area contributed by atoms with Crippen LogP contribution in [0.2, 0.25) is 5.15 Å². The Hall–Kier alpha value is -1.07. The van der Waals surface area contributed by atoms with E-state index in [1.54, 1.807) is 16.3 Å². The monoisotopic (exact) mass is 214 g/mol. The Balaban J connectivity index is 2.19. The molecule has 0 saturated carbocycles. The summed E-state index contributed by atoms with van der Waals surface area (Å²) in [5, 5.41) is 4.58. The van der Waals surface area contributed by atoms with Gasteiger partial charge in [-0.25, -0.2) is 4.98 Å². The zero-order valence-electron chi connectivity index (χ0n) is 6.64. The van der Waals surface area contributed by atoms with Crippen molar-refractivity contribution in [1.82, 2.24) is 14.8 Å². The van der Waals surface area contributed by atoms with Crippen LogP contribution in [0, 0.1) is 0 Å². The van der Waals surface area contributed by atoms with E-state index in [-0.39, 0.29) is 0 Å². The second-order valence-corrected chi connectivity index (χ2v) is 3.80. The Kier molecular flexibility index (Phi) is 2.20. The summed E-state index contributed by atoms with van der Waals surface area (Å²) >= 11 is 7.33. The van der Waals surface area contributed by atoms with Crippen molar-refractivity contribution in [3.63, 3.8) is 0 Å². The zero-order valence-corrected chi connectivity index (χ0v) is 8.22. The molecule has 0 aromatic carbocycles. The molecule has 0 amide bonds. The minimum Gasteiger partial charge on any atom is -0.382 e. The Morgan fingerprint density at radius 3 is 3.00 bits per heavy atom. The Labute approximate surface area is 84.0 Å². The molecule has 0 radical (unpaired) electrons. The van der Waals surface area contributed by atoms with Gasteiger partial charge in [-0.2, -0.15) is 5.10 Å². The van der Waals surface area contributed by atoms with Gasteiger partial charge in [-0.1, -0.05) is 11.6 Å². The largest absolute Gasteiger partial charge is 0.382 e. The SMILES string of the molecule is Nc1ccn(Cc2scnc2Cl)n1. The molecule has 0 aliphatic rings. The topological polar surface area (TPSA) is 56.7 Å². The van der Waals surface area contributed by atoms with Gasteiger partial charge in [-0.3, -0.25) is 4.68 Å². The second kappa shape index (κ2) is 3.35. The lowest BCUT2D eigenvalue weighted by Crippen LogP contribution is -1.99. The van der Waals surface area contributed by atoms with Gasteiger partial charge in [0.15, 0.2) is 0 Å². The number of nitrogen functional groups attached to an aromatic ring is 1. The van der Waals surface area contributed by atoms with Crippen LogP contribution >= 0.6 is 22.9 Å². The van der Waals surface area contributed by atoms with E-state index in [2.05, 4.69) is 10.1 Å². The third-order valence-electron chi connectivity index (χ3n) is 1.56. The van der Waals surface area contributed by atoms with Crippen LogP contribution in [0.25, 0.3) is 0 Å². The van der Waals surface area contributed by atoms with Crippen molar-refractivity contribution in [2.24, 2.45) is 0 Å². The van der Waals surface area contributed by atoms with Crippen molar-refractivity contribution < 1.29 is 0 Å². The van der Waals surface area contributed by atoms with E-state index in [4.69, 9.17) is 17.3 Å². The van der Waals surface area contributed by atoms with Crippen molar-refractivity contribution in [3.8, 4) is 0 Å². The van der Waals surface area contributed by atoms with Crippen molar-refractivity contribution in [2.45, 2.75) is 6.54 Å². The summed E-state index contributed by atoms with van der Waals surface area (Å²) in [6.45, 7) is 0.626. The molecule has 2 aromatic heterocycles. The summed E-state index contributed by atoms with van der Waals surface area (Å²) in [4.78, 5) is 4.92. The van der Waals surface area contributed by atoms with Crippen molar-refractivity contribution in [2.75, 3.05) is 5.73 Å². The molecule has 2 N–H and O–H groups in total. The van der Waals surface area contributed by atoms with E-state index in [1.807, 2.05) is 6.20 Å². The fourth-order valence-electron chi connectivity index (χ4n) is 0.972. The molecular formula is C7H7ClN4S. The molecular weight excluding hydrogens is 208 g/mol. The Morgan fingerprint density at radius 2 is 2.46 bits per heavy atom. The molecule has 0 saturated heterocycles. The Morgan fingerprint density at radius 1 is 1.62 bits per heavy atom. The van der Waals surface area contributed by atoms with Gasteiger partial charge >= 0.3 is 0 Å². The first kappa shape index (κ1) is 8.52. The highest BCUT2D eigenvalue weighted by Gasteiger charge is 2.04. The number of aromatic nitrogens is 3. The number of anilines is 1. The van der Waals surface area contributed by atoms with Crippen LogP contribution in [0.1, 0.15) is 4.88 Å². The van der Waals surface area contributed by atoms with Crippen LogP contribution in [0.4, 0.5) is 5.82 Å². The quantitative estimate of drug-likeness (QED) is 0.827. The maximum absolute atomic E-state index is 5.82. The molecule has 6 heteroatoms. The zero-order chi connectivity index (χ0) is 9.26. The fraction of sp³-hybridized carbons (Fsp3) is 0.143. The van der Waals surface area contributed by atoms with Gasteiger partial charge in [0.2, 0.25) is 0 Å². The van der Waals surface area contributed by atoms with Crippen LogP contribution in [-0.4, -0.2) is 14.8 Å². The smallest absolute Gasteiger partial charge is 0.145 e. The lowest BCUT2D eigenvalue weighted by Gasteiger charge is -1.97.